The molecule has 4 heterocycles. The molecule has 0 spiro atoms. The molecule has 0 atom stereocenters. The van der Waals surface area contributed by atoms with Crippen molar-refractivity contribution in [2.75, 3.05) is 0 Å². The number of fused-ring (bicyclic) bond motifs is 4. The Balaban J connectivity index is 1.14. The summed E-state index contributed by atoms with van der Waals surface area (Å²) in [5, 5.41) is 4.28. The Morgan fingerprint density at radius 1 is 0.433 bits per heavy atom. The van der Waals surface area contributed by atoms with Crippen LogP contribution in [-0.2, 0) is 0 Å². The van der Waals surface area contributed by atoms with E-state index >= 15 is 0 Å². The van der Waals surface area contributed by atoms with Crippen LogP contribution in [0.4, 0.5) is 0 Å². The fourth-order valence-electron chi connectivity index (χ4n) is 7.87. The van der Waals surface area contributed by atoms with Crippen LogP contribution in [0, 0.1) is 0 Å². The van der Waals surface area contributed by atoms with Crippen LogP contribution in [-0.4, -0.2) is 25.6 Å². The predicted octanol–water partition coefficient (Wildman–Crippen LogP) is 12.9. The van der Waals surface area contributed by atoms with Crippen molar-refractivity contribution in [3.05, 3.63) is 212 Å². The van der Waals surface area contributed by atoms with Gasteiger partial charge in [-0.05, 0) is 172 Å². The SMILES string of the molecule is C=C(C)N=C(/C=C(\N)c1cc(-c2ccc3ncccc3c2)cc(-c2ccc3ncccc3c2)c1)c1cc(-c2ccc3ncccc3c2)cc(-c2ccc3ncccc3c2)c1. The summed E-state index contributed by atoms with van der Waals surface area (Å²) >= 11 is 0. The average molecular weight is 771 g/mol. The van der Waals surface area contributed by atoms with Gasteiger partial charge in [-0.1, -0.05) is 55.1 Å². The van der Waals surface area contributed by atoms with Crippen molar-refractivity contribution in [2.45, 2.75) is 6.92 Å². The molecule has 6 nitrogen and oxygen atoms in total. The lowest BCUT2D eigenvalue weighted by Crippen LogP contribution is -2.05. The van der Waals surface area contributed by atoms with Crippen LogP contribution in [0.5, 0.6) is 0 Å². The monoisotopic (exact) mass is 770 g/mol. The first-order chi connectivity index (χ1) is 29.4. The van der Waals surface area contributed by atoms with Gasteiger partial charge in [0.1, 0.15) is 0 Å². The second-order valence-corrected chi connectivity index (χ2v) is 15.1. The van der Waals surface area contributed by atoms with E-state index in [0.29, 0.717) is 17.1 Å². The number of rotatable bonds is 8. The van der Waals surface area contributed by atoms with Gasteiger partial charge in [0.2, 0.25) is 0 Å². The van der Waals surface area contributed by atoms with Crippen LogP contribution in [0.25, 0.3) is 93.8 Å². The van der Waals surface area contributed by atoms with Gasteiger partial charge in [0.15, 0.2) is 0 Å². The summed E-state index contributed by atoms with van der Waals surface area (Å²) in [7, 11) is 0. The summed E-state index contributed by atoms with van der Waals surface area (Å²) in [5.74, 6) is 0. The molecule has 0 bridgehead atoms. The zero-order valence-electron chi connectivity index (χ0n) is 32.9. The summed E-state index contributed by atoms with van der Waals surface area (Å²) in [6.45, 7) is 6.11. The molecule has 10 rings (SSSR count). The fourth-order valence-corrected chi connectivity index (χ4v) is 7.87. The molecule has 6 heteroatoms. The Hall–Kier alpha value is -8.09. The topological polar surface area (TPSA) is 89.9 Å². The van der Waals surface area contributed by atoms with Crippen LogP contribution in [0.15, 0.2) is 206 Å². The molecule has 0 aliphatic carbocycles. The first-order valence-electron chi connectivity index (χ1n) is 19.8. The molecule has 0 amide bonds. The second-order valence-electron chi connectivity index (χ2n) is 15.1. The Bertz CT molecular complexity index is 3190. The quantitative estimate of drug-likeness (QED) is 0.155. The summed E-state index contributed by atoms with van der Waals surface area (Å²) in [4.78, 5) is 23.3. The van der Waals surface area contributed by atoms with Crippen LogP contribution < -0.4 is 5.73 Å². The lowest BCUT2D eigenvalue weighted by Gasteiger charge is -2.15. The number of hydrogen-bond donors (Lipinski definition) is 1. The summed E-state index contributed by atoms with van der Waals surface area (Å²) < 4.78 is 0. The lowest BCUT2D eigenvalue weighted by atomic mass is 9.92. The van der Waals surface area contributed by atoms with E-state index in [1.807, 2.05) is 62.1 Å². The average Bonchev–Trinajstić information content (AvgIpc) is 3.30. The molecule has 4 aromatic heterocycles. The van der Waals surface area contributed by atoms with Crippen molar-refractivity contribution >= 4 is 55.0 Å². The van der Waals surface area contributed by atoms with Gasteiger partial charge in [-0.3, -0.25) is 24.9 Å². The van der Waals surface area contributed by atoms with Crippen molar-refractivity contribution in [1.29, 1.82) is 0 Å². The zero-order chi connectivity index (χ0) is 40.6. The van der Waals surface area contributed by atoms with Gasteiger partial charge in [-0.2, -0.15) is 0 Å². The summed E-state index contributed by atoms with van der Waals surface area (Å²) in [5.41, 5.74) is 23.2. The van der Waals surface area contributed by atoms with Gasteiger partial charge in [0, 0.05) is 63.3 Å². The largest absolute Gasteiger partial charge is 0.398 e. The number of pyridine rings is 4. The van der Waals surface area contributed by atoms with Crippen molar-refractivity contribution in [1.82, 2.24) is 19.9 Å². The first-order valence-corrected chi connectivity index (χ1v) is 19.8. The Kier molecular flexibility index (Phi) is 9.27. The standard InChI is InChI=1S/C54H38N6/c1-34(2)60-54(48-31-45(37-13-17-52-41(25-37)9-5-21-58-52)28-46(32-48)38-14-18-53-42(26-38)10-6-22-59-53)33-49(55)47-29-43(35-11-15-50-39(23-35)7-3-19-56-50)27-44(30-47)36-12-16-51-40(24-36)8-4-20-57-51/h3-33H,1,55H2,2H3/b49-33-,60-54?. The second kappa shape index (κ2) is 15.3. The number of benzene rings is 6. The van der Waals surface area contributed by atoms with Gasteiger partial charge in [0.25, 0.3) is 0 Å². The third-order valence-corrected chi connectivity index (χ3v) is 10.8. The minimum absolute atomic E-state index is 0.573. The van der Waals surface area contributed by atoms with E-state index in [9.17, 15) is 0 Å². The van der Waals surface area contributed by atoms with Crippen molar-refractivity contribution in [3.63, 3.8) is 0 Å². The molecule has 0 radical (unpaired) electrons. The summed E-state index contributed by atoms with van der Waals surface area (Å²) in [6, 6.07) is 54.9. The highest BCUT2D eigenvalue weighted by Crippen LogP contribution is 2.35. The highest BCUT2D eigenvalue weighted by molar-refractivity contribution is 6.14. The molecular weight excluding hydrogens is 733 g/mol. The minimum atomic E-state index is 0.573. The normalized spacial score (nSPS) is 12.1. The van der Waals surface area contributed by atoms with E-state index in [1.54, 1.807) is 0 Å². The molecule has 0 saturated heterocycles. The van der Waals surface area contributed by atoms with Gasteiger partial charge in [-0.15, -0.1) is 0 Å². The molecule has 10 aromatic rings. The van der Waals surface area contributed by atoms with Crippen LogP contribution in [0.2, 0.25) is 0 Å². The molecular formula is C54H38N6. The number of nitrogens with zero attached hydrogens (tertiary/aromatic N) is 5. The van der Waals surface area contributed by atoms with E-state index in [0.717, 1.165) is 99.2 Å². The van der Waals surface area contributed by atoms with Gasteiger partial charge in [-0.25, -0.2) is 0 Å². The molecule has 0 aliphatic heterocycles. The molecule has 284 valence electrons. The minimum Gasteiger partial charge on any atom is -0.398 e. The molecule has 60 heavy (non-hydrogen) atoms. The van der Waals surface area contributed by atoms with E-state index < -0.39 is 0 Å². The van der Waals surface area contributed by atoms with Crippen molar-refractivity contribution in [3.8, 4) is 44.5 Å². The number of nitrogens with two attached hydrogens (primary N) is 1. The molecule has 6 aromatic carbocycles. The van der Waals surface area contributed by atoms with Crippen LogP contribution in [0.1, 0.15) is 18.1 Å². The number of aliphatic imine (C=N–C) groups is 1. The maximum absolute atomic E-state index is 7.22. The molecule has 0 saturated carbocycles. The number of hydrogen-bond acceptors (Lipinski definition) is 6. The number of aromatic nitrogens is 4. The third kappa shape index (κ3) is 7.30. The molecule has 0 unspecified atom stereocenters. The first kappa shape index (κ1) is 36.3. The third-order valence-electron chi connectivity index (χ3n) is 10.8. The smallest absolute Gasteiger partial charge is 0.0726 e. The van der Waals surface area contributed by atoms with Crippen molar-refractivity contribution < 1.29 is 0 Å². The van der Waals surface area contributed by atoms with E-state index in [1.165, 1.54) is 0 Å². The Morgan fingerprint density at radius 3 is 1.10 bits per heavy atom. The predicted molar refractivity (Wildman–Crippen MR) is 249 cm³/mol. The molecule has 0 aliphatic rings. The fraction of sp³-hybridized carbons (Fsp3) is 0.0185. The highest BCUT2D eigenvalue weighted by Gasteiger charge is 2.14. The van der Waals surface area contributed by atoms with Crippen LogP contribution >= 0.6 is 0 Å². The van der Waals surface area contributed by atoms with E-state index in [4.69, 9.17) is 10.7 Å². The van der Waals surface area contributed by atoms with Crippen LogP contribution in [0.3, 0.4) is 0 Å². The van der Waals surface area contributed by atoms with E-state index in [-0.39, 0.29) is 0 Å². The Morgan fingerprint density at radius 2 is 0.767 bits per heavy atom. The number of allylic oxidation sites excluding steroid dienone is 2. The van der Waals surface area contributed by atoms with Gasteiger partial charge in [0.05, 0.1) is 27.8 Å². The maximum Gasteiger partial charge on any atom is 0.0726 e. The lowest BCUT2D eigenvalue weighted by molar-refractivity contribution is 1.32. The van der Waals surface area contributed by atoms with E-state index in [2.05, 4.69) is 160 Å². The maximum atomic E-state index is 7.22. The van der Waals surface area contributed by atoms with Crippen molar-refractivity contribution in [2.24, 2.45) is 10.7 Å². The molecule has 0 fully saturated rings. The Labute approximate surface area is 347 Å². The summed E-state index contributed by atoms with van der Waals surface area (Å²) in [6.07, 6.45) is 9.27. The zero-order valence-corrected chi connectivity index (χ0v) is 32.9. The van der Waals surface area contributed by atoms with Gasteiger partial charge < -0.3 is 5.73 Å². The highest BCUT2D eigenvalue weighted by atomic mass is 14.7. The van der Waals surface area contributed by atoms with Gasteiger partial charge >= 0.3 is 0 Å². The molecule has 2 N–H and O–H groups in total.